The van der Waals surface area contributed by atoms with Crippen molar-refractivity contribution in [2.75, 3.05) is 13.1 Å². The van der Waals surface area contributed by atoms with Gasteiger partial charge in [-0.25, -0.2) is 4.98 Å². The van der Waals surface area contributed by atoms with Crippen molar-refractivity contribution < 1.29 is 4.74 Å². The van der Waals surface area contributed by atoms with Crippen LogP contribution in [0.1, 0.15) is 43.5 Å². The van der Waals surface area contributed by atoms with E-state index in [0.29, 0.717) is 6.04 Å². The summed E-state index contributed by atoms with van der Waals surface area (Å²) in [7, 11) is 0. The minimum atomic E-state index is 0.219. The minimum Gasteiger partial charge on any atom is -0.491 e. The number of thiazole rings is 1. The van der Waals surface area contributed by atoms with Crippen LogP contribution in [0.4, 0.5) is 0 Å². The second-order valence-corrected chi connectivity index (χ2v) is 8.27. The molecule has 136 valence electrons. The standard InChI is InChI=1S/C22H26N2OS/c1-15(2)25-20-6-4-17-8-10-24(11-9-19(17)12-20)16(3)18-5-7-22-21(13-18)23-14-26-22/h4-7,12-16H,8-11H2,1-3H3/t16-/m0/s1. The van der Waals surface area contributed by atoms with Gasteiger partial charge in [-0.05, 0) is 74.6 Å². The molecule has 1 aliphatic rings. The summed E-state index contributed by atoms with van der Waals surface area (Å²) >= 11 is 1.71. The molecule has 26 heavy (non-hydrogen) atoms. The summed E-state index contributed by atoms with van der Waals surface area (Å²) in [5.41, 5.74) is 7.31. The smallest absolute Gasteiger partial charge is 0.119 e. The van der Waals surface area contributed by atoms with Crippen LogP contribution >= 0.6 is 11.3 Å². The maximum absolute atomic E-state index is 5.88. The Hall–Kier alpha value is -1.91. The van der Waals surface area contributed by atoms with E-state index in [9.17, 15) is 0 Å². The molecule has 3 aromatic rings. The lowest BCUT2D eigenvalue weighted by Gasteiger charge is -2.28. The Morgan fingerprint density at radius 3 is 2.62 bits per heavy atom. The van der Waals surface area contributed by atoms with E-state index in [1.807, 2.05) is 5.51 Å². The molecule has 0 saturated carbocycles. The Labute approximate surface area is 159 Å². The third-order valence-corrected chi connectivity index (χ3v) is 6.08. The first-order valence-electron chi connectivity index (χ1n) is 9.46. The predicted octanol–water partition coefficient (Wildman–Crippen LogP) is 5.25. The van der Waals surface area contributed by atoms with Crippen LogP contribution in [0, 0.1) is 0 Å². The summed E-state index contributed by atoms with van der Waals surface area (Å²) in [6, 6.07) is 13.7. The van der Waals surface area contributed by atoms with Gasteiger partial charge in [-0.3, -0.25) is 4.90 Å². The van der Waals surface area contributed by atoms with Gasteiger partial charge in [0.05, 0.1) is 21.8 Å². The topological polar surface area (TPSA) is 25.4 Å². The molecule has 0 saturated heterocycles. The number of aromatic nitrogens is 1. The van der Waals surface area contributed by atoms with Crippen molar-refractivity contribution in [1.82, 2.24) is 9.88 Å². The highest BCUT2D eigenvalue weighted by Gasteiger charge is 2.20. The first kappa shape index (κ1) is 17.5. The van der Waals surface area contributed by atoms with Crippen molar-refractivity contribution >= 4 is 21.6 Å². The van der Waals surface area contributed by atoms with Gasteiger partial charge in [0.25, 0.3) is 0 Å². The molecule has 0 radical (unpaired) electrons. The molecule has 0 amide bonds. The van der Waals surface area contributed by atoms with Crippen molar-refractivity contribution in [3.05, 3.63) is 58.6 Å². The molecule has 2 aromatic carbocycles. The second-order valence-electron chi connectivity index (χ2n) is 7.39. The van der Waals surface area contributed by atoms with Gasteiger partial charge < -0.3 is 4.74 Å². The quantitative estimate of drug-likeness (QED) is 0.631. The van der Waals surface area contributed by atoms with Gasteiger partial charge >= 0.3 is 0 Å². The van der Waals surface area contributed by atoms with Gasteiger partial charge in [0.15, 0.2) is 0 Å². The van der Waals surface area contributed by atoms with E-state index in [2.05, 4.69) is 67.1 Å². The van der Waals surface area contributed by atoms with Gasteiger partial charge in [-0.2, -0.15) is 0 Å². The van der Waals surface area contributed by atoms with Crippen LogP contribution in [0.15, 0.2) is 41.9 Å². The first-order valence-corrected chi connectivity index (χ1v) is 10.3. The van der Waals surface area contributed by atoms with Gasteiger partial charge in [0, 0.05) is 19.1 Å². The van der Waals surface area contributed by atoms with Crippen molar-refractivity contribution in [3.8, 4) is 5.75 Å². The molecule has 1 aliphatic heterocycles. The number of rotatable bonds is 4. The Morgan fingerprint density at radius 1 is 1.00 bits per heavy atom. The summed E-state index contributed by atoms with van der Waals surface area (Å²) in [6.07, 6.45) is 2.39. The van der Waals surface area contributed by atoms with Gasteiger partial charge in [0.2, 0.25) is 0 Å². The molecule has 0 spiro atoms. The number of ether oxygens (including phenoxy) is 1. The molecular formula is C22H26N2OS. The van der Waals surface area contributed by atoms with Crippen LogP contribution in [0.3, 0.4) is 0 Å². The molecule has 0 unspecified atom stereocenters. The summed E-state index contributed by atoms with van der Waals surface area (Å²) in [5.74, 6) is 0.995. The lowest BCUT2D eigenvalue weighted by molar-refractivity contribution is 0.221. The molecule has 1 atom stereocenters. The largest absolute Gasteiger partial charge is 0.491 e. The molecule has 0 aliphatic carbocycles. The molecule has 3 nitrogen and oxygen atoms in total. The third-order valence-electron chi connectivity index (χ3n) is 5.27. The van der Waals surface area contributed by atoms with Crippen LogP contribution < -0.4 is 4.74 Å². The summed E-state index contributed by atoms with van der Waals surface area (Å²) < 4.78 is 7.14. The van der Waals surface area contributed by atoms with Gasteiger partial charge in [-0.1, -0.05) is 12.1 Å². The highest BCUT2D eigenvalue weighted by Crippen LogP contribution is 2.29. The fourth-order valence-electron chi connectivity index (χ4n) is 3.80. The monoisotopic (exact) mass is 366 g/mol. The molecular weight excluding hydrogens is 340 g/mol. The van der Waals surface area contributed by atoms with E-state index in [1.165, 1.54) is 21.4 Å². The maximum atomic E-state index is 5.88. The molecule has 2 heterocycles. The van der Waals surface area contributed by atoms with Crippen LogP contribution in [0.5, 0.6) is 5.75 Å². The Balaban J connectivity index is 1.50. The SMILES string of the molecule is CC(C)Oc1ccc2c(c1)CCN([C@@H](C)c1ccc3scnc3c1)CC2. The van der Waals surface area contributed by atoms with Crippen molar-refractivity contribution in [2.45, 2.75) is 45.8 Å². The van der Waals surface area contributed by atoms with Crippen molar-refractivity contribution in [2.24, 2.45) is 0 Å². The zero-order valence-corrected chi connectivity index (χ0v) is 16.6. The molecule has 0 bridgehead atoms. The predicted molar refractivity (Wildman–Crippen MR) is 109 cm³/mol. The lowest BCUT2D eigenvalue weighted by atomic mass is 10.0. The second kappa shape index (κ2) is 7.37. The van der Waals surface area contributed by atoms with Crippen LogP contribution in [-0.4, -0.2) is 29.1 Å². The fourth-order valence-corrected chi connectivity index (χ4v) is 4.46. The molecule has 4 rings (SSSR count). The lowest BCUT2D eigenvalue weighted by Crippen LogP contribution is -2.29. The highest BCUT2D eigenvalue weighted by molar-refractivity contribution is 7.16. The Bertz CT molecular complexity index is 902. The van der Waals surface area contributed by atoms with Crippen molar-refractivity contribution in [3.63, 3.8) is 0 Å². The van der Waals surface area contributed by atoms with Crippen LogP contribution in [-0.2, 0) is 12.8 Å². The number of benzene rings is 2. The zero-order valence-electron chi connectivity index (χ0n) is 15.7. The number of fused-ring (bicyclic) bond motifs is 2. The first-order chi connectivity index (χ1) is 12.6. The van der Waals surface area contributed by atoms with E-state index >= 15 is 0 Å². The molecule has 1 aromatic heterocycles. The van der Waals surface area contributed by atoms with E-state index < -0.39 is 0 Å². The molecule has 4 heteroatoms. The summed E-state index contributed by atoms with van der Waals surface area (Å²) in [4.78, 5) is 7.07. The molecule has 0 fully saturated rings. The maximum Gasteiger partial charge on any atom is 0.119 e. The Morgan fingerprint density at radius 2 is 1.81 bits per heavy atom. The van der Waals surface area contributed by atoms with Crippen molar-refractivity contribution in [1.29, 1.82) is 0 Å². The summed E-state index contributed by atoms with van der Waals surface area (Å²) in [5, 5.41) is 0. The van der Waals surface area contributed by atoms with E-state index in [-0.39, 0.29) is 6.10 Å². The van der Waals surface area contributed by atoms with E-state index in [4.69, 9.17) is 4.74 Å². The summed E-state index contributed by atoms with van der Waals surface area (Å²) in [6.45, 7) is 8.64. The van der Waals surface area contributed by atoms with Crippen LogP contribution in [0.2, 0.25) is 0 Å². The number of nitrogens with zero attached hydrogens (tertiary/aromatic N) is 2. The van der Waals surface area contributed by atoms with Crippen LogP contribution in [0.25, 0.3) is 10.2 Å². The van der Waals surface area contributed by atoms with Gasteiger partial charge in [-0.15, -0.1) is 11.3 Å². The normalized spacial score (nSPS) is 16.5. The third kappa shape index (κ3) is 3.62. The highest BCUT2D eigenvalue weighted by atomic mass is 32.1. The molecule has 0 N–H and O–H groups in total. The zero-order chi connectivity index (χ0) is 18.1. The van der Waals surface area contributed by atoms with Gasteiger partial charge in [0.1, 0.15) is 5.75 Å². The number of hydrogen-bond acceptors (Lipinski definition) is 4. The minimum absolute atomic E-state index is 0.219. The fraction of sp³-hybridized carbons (Fsp3) is 0.409. The van der Waals surface area contributed by atoms with E-state index in [0.717, 1.165) is 37.2 Å². The van der Waals surface area contributed by atoms with E-state index in [1.54, 1.807) is 11.3 Å². The Kier molecular flexibility index (Phi) is 4.96. The average Bonchev–Trinajstić information content (AvgIpc) is 2.99. The average molecular weight is 367 g/mol. The number of hydrogen-bond donors (Lipinski definition) is 0.